The predicted octanol–water partition coefficient (Wildman–Crippen LogP) is 0.833. The molecular formula is C8H19N2S+. The van der Waals surface area contributed by atoms with Crippen LogP contribution in [0.2, 0.25) is 0 Å². The highest BCUT2D eigenvalue weighted by Gasteiger charge is 2.29. The van der Waals surface area contributed by atoms with Gasteiger partial charge in [0.05, 0.1) is 19.6 Å². The van der Waals surface area contributed by atoms with E-state index in [4.69, 9.17) is 5.73 Å². The third-order valence-corrected chi connectivity index (χ3v) is 3.01. The zero-order valence-corrected chi connectivity index (χ0v) is 8.02. The van der Waals surface area contributed by atoms with E-state index in [-0.39, 0.29) is 0 Å². The van der Waals surface area contributed by atoms with Crippen LogP contribution in [-0.2, 0) is 0 Å². The van der Waals surface area contributed by atoms with E-state index in [1.807, 2.05) is 0 Å². The van der Waals surface area contributed by atoms with E-state index in [0.717, 1.165) is 16.9 Å². The second-order valence-electron chi connectivity index (χ2n) is 3.48. The maximum Gasteiger partial charge on any atom is 0.130 e. The van der Waals surface area contributed by atoms with Crippen molar-refractivity contribution in [2.45, 2.75) is 19.3 Å². The topological polar surface area (TPSA) is 26.0 Å². The molecule has 1 aliphatic rings. The Bertz CT molecular complexity index is 111. The first kappa shape index (κ1) is 9.36. The van der Waals surface area contributed by atoms with E-state index in [0.29, 0.717) is 0 Å². The van der Waals surface area contributed by atoms with E-state index in [9.17, 15) is 0 Å². The quantitative estimate of drug-likeness (QED) is 0.480. The highest BCUT2D eigenvalue weighted by molar-refractivity contribution is 7.80. The van der Waals surface area contributed by atoms with Crippen molar-refractivity contribution in [3.05, 3.63) is 0 Å². The van der Waals surface area contributed by atoms with Crippen LogP contribution in [-0.4, -0.2) is 36.5 Å². The summed E-state index contributed by atoms with van der Waals surface area (Å²) < 4.78 is 1.15. The first-order valence-corrected chi connectivity index (χ1v) is 5.12. The van der Waals surface area contributed by atoms with Crippen molar-refractivity contribution in [2.24, 2.45) is 5.73 Å². The summed E-state index contributed by atoms with van der Waals surface area (Å²) in [6, 6.07) is 0. The number of rotatable bonds is 4. The molecule has 11 heavy (non-hydrogen) atoms. The molecule has 0 aromatic heterocycles. The maximum absolute atomic E-state index is 5.76. The van der Waals surface area contributed by atoms with Gasteiger partial charge < -0.3 is 4.48 Å². The molecule has 0 aromatic carbocycles. The third-order valence-electron chi connectivity index (χ3n) is 2.69. The number of thiol groups is 1. The highest BCUT2D eigenvalue weighted by Crippen LogP contribution is 2.18. The molecule has 0 aliphatic carbocycles. The lowest BCUT2D eigenvalue weighted by atomic mass is 10.3. The number of hydrogen-bond donors (Lipinski definition) is 2. The Morgan fingerprint density at radius 2 is 1.91 bits per heavy atom. The molecule has 0 atom stereocenters. The number of hydrogen-bond acceptors (Lipinski definition) is 2. The highest BCUT2D eigenvalue weighted by atomic mass is 32.1. The Kier molecular flexibility index (Phi) is 3.69. The monoisotopic (exact) mass is 175 g/mol. The van der Waals surface area contributed by atoms with Gasteiger partial charge in [0.25, 0.3) is 0 Å². The molecule has 1 fully saturated rings. The lowest BCUT2D eigenvalue weighted by Crippen LogP contribution is -2.50. The Labute approximate surface area is 74.8 Å². The number of quaternary nitrogens is 1. The smallest absolute Gasteiger partial charge is 0.130 e. The molecular weight excluding hydrogens is 156 g/mol. The average Bonchev–Trinajstić information content (AvgIpc) is 2.50. The summed E-state index contributed by atoms with van der Waals surface area (Å²) in [6.45, 7) is 4.66. The largest absolute Gasteiger partial charge is 0.311 e. The molecule has 1 rings (SSSR count). The summed E-state index contributed by atoms with van der Waals surface area (Å²) in [5.74, 6) is 1.00. The van der Waals surface area contributed by atoms with Gasteiger partial charge in [0.2, 0.25) is 0 Å². The van der Waals surface area contributed by atoms with Crippen LogP contribution in [0.5, 0.6) is 0 Å². The summed E-state index contributed by atoms with van der Waals surface area (Å²) in [5, 5.41) is 0. The van der Waals surface area contributed by atoms with Crippen molar-refractivity contribution in [3.63, 3.8) is 0 Å². The fraction of sp³-hybridized carbons (Fsp3) is 1.00. The van der Waals surface area contributed by atoms with Gasteiger partial charge in [-0.05, 0) is 5.75 Å². The van der Waals surface area contributed by atoms with Gasteiger partial charge in [0, 0.05) is 19.3 Å². The Morgan fingerprint density at radius 3 is 2.36 bits per heavy atom. The van der Waals surface area contributed by atoms with Crippen LogP contribution in [0.1, 0.15) is 19.3 Å². The molecule has 0 unspecified atom stereocenters. The first-order chi connectivity index (χ1) is 5.33. The number of nitrogens with two attached hydrogens (primary N) is 1. The summed E-state index contributed by atoms with van der Waals surface area (Å²) in [6.07, 6.45) is 3.94. The molecule has 2 N–H and O–H groups in total. The van der Waals surface area contributed by atoms with Crippen LogP contribution < -0.4 is 5.73 Å². The lowest BCUT2D eigenvalue weighted by molar-refractivity contribution is -0.916. The van der Waals surface area contributed by atoms with Gasteiger partial charge in [-0.3, -0.25) is 5.73 Å². The molecule has 0 aromatic rings. The molecule has 66 valence electrons. The second kappa shape index (κ2) is 4.33. The van der Waals surface area contributed by atoms with Gasteiger partial charge in [-0.2, -0.15) is 12.6 Å². The third kappa shape index (κ3) is 2.36. The van der Waals surface area contributed by atoms with E-state index < -0.39 is 0 Å². The molecule has 1 aliphatic heterocycles. The zero-order chi connectivity index (χ0) is 8.16. The van der Waals surface area contributed by atoms with Gasteiger partial charge >= 0.3 is 0 Å². The molecule has 3 heteroatoms. The Balaban J connectivity index is 2.33. The summed E-state index contributed by atoms with van der Waals surface area (Å²) in [7, 11) is 0. The van der Waals surface area contributed by atoms with Crippen LogP contribution in [0.25, 0.3) is 0 Å². The van der Waals surface area contributed by atoms with Crippen LogP contribution in [0.4, 0.5) is 0 Å². The normalized spacial score (nSPS) is 22.4. The van der Waals surface area contributed by atoms with Crippen LogP contribution >= 0.6 is 12.6 Å². The standard InChI is InChI=1S/C8H18N2S/c9-8-10(6-3-7-11)4-1-2-5-10/h1-9H2/p+1. The summed E-state index contributed by atoms with van der Waals surface area (Å²) in [5.41, 5.74) is 5.76. The Morgan fingerprint density at radius 1 is 1.27 bits per heavy atom. The summed E-state index contributed by atoms with van der Waals surface area (Å²) >= 11 is 4.22. The minimum absolute atomic E-state index is 0.827. The van der Waals surface area contributed by atoms with Crippen molar-refractivity contribution >= 4 is 12.6 Å². The van der Waals surface area contributed by atoms with Crippen molar-refractivity contribution < 1.29 is 4.48 Å². The van der Waals surface area contributed by atoms with E-state index >= 15 is 0 Å². The molecule has 0 saturated carbocycles. The first-order valence-electron chi connectivity index (χ1n) is 4.49. The molecule has 1 saturated heterocycles. The van der Waals surface area contributed by atoms with Gasteiger partial charge in [-0.15, -0.1) is 0 Å². The molecule has 0 amide bonds. The second-order valence-corrected chi connectivity index (χ2v) is 3.93. The zero-order valence-electron chi connectivity index (χ0n) is 7.13. The van der Waals surface area contributed by atoms with Gasteiger partial charge in [-0.25, -0.2) is 0 Å². The average molecular weight is 175 g/mol. The van der Waals surface area contributed by atoms with Crippen molar-refractivity contribution in [1.82, 2.24) is 0 Å². The van der Waals surface area contributed by atoms with E-state index in [2.05, 4.69) is 12.6 Å². The van der Waals surface area contributed by atoms with Crippen LogP contribution in [0, 0.1) is 0 Å². The van der Waals surface area contributed by atoms with Crippen molar-refractivity contribution in [3.8, 4) is 0 Å². The predicted molar refractivity (Wildman–Crippen MR) is 51.6 cm³/mol. The van der Waals surface area contributed by atoms with Crippen molar-refractivity contribution in [1.29, 1.82) is 0 Å². The lowest BCUT2D eigenvalue weighted by Gasteiger charge is -2.32. The minimum Gasteiger partial charge on any atom is -0.311 e. The molecule has 2 nitrogen and oxygen atoms in total. The summed E-state index contributed by atoms with van der Waals surface area (Å²) in [4.78, 5) is 0. The fourth-order valence-corrected chi connectivity index (χ4v) is 2.05. The van der Waals surface area contributed by atoms with E-state index in [1.165, 1.54) is 38.9 Å². The maximum atomic E-state index is 5.76. The SMILES string of the molecule is NC[N+]1(CCCS)CCCC1. The number of likely N-dealkylation sites (tertiary alicyclic amines) is 1. The van der Waals surface area contributed by atoms with Gasteiger partial charge in [-0.1, -0.05) is 0 Å². The van der Waals surface area contributed by atoms with Crippen LogP contribution in [0.15, 0.2) is 0 Å². The minimum atomic E-state index is 0.827. The van der Waals surface area contributed by atoms with Crippen molar-refractivity contribution in [2.75, 3.05) is 32.1 Å². The van der Waals surface area contributed by atoms with Gasteiger partial charge in [0.1, 0.15) is 6.67 Å². The van der Waals surface area contributed by atoms with E-state index in [1.54, 1.807) is 0 Å². The number of nitrogens with zero attached hydrogens (tertiary/aromatic N) is 1. The molecule has 0 bridgehead atoms. The fourth-order valence-electron chi connectivity index (χ4n) is 1.91. The molecule has 0 radical (unpaired) electrons. The van der Waals surface area contributed by atoms with Crippen LogP contribution in [0.3, 0.4) is 0 Å². The molecule has 1 heterocycles. The molecule has 0 spiro atoms. The van der Waals surface area contributed by atoms with Gasteiger partial charge in [0.15, 0.2) is 0 Å². The Hall–Kier alpha value is 0.270.